The highest BCUT2D eigenvalue weighted by Gasteiger charge is 2.63. The molecule has 1 aliphatic heterocycles. The van der Waals surface area contributed by atoms with Gasteiger partial charge in [0.15, 0.2) is 0 Å². The lowest BCUT2D eigenvalue weighted by molar-refractivity contribution is -0.839. The molecule has 0 unspecified atom stereocenters. The van der Waals surface area contributed by atoms with E-state index >= 15 is 0 Å². The Bertz CT molecular complexity index is 219. The summed E-state index contributed by atoms with van der Waals surface area (Å²) in [6, 6.07) is 0.0694. The van der Waals surface area contributed by atoms with E-state index in [0.29, 0.717) is 6.61 Å². The fraction of sp³-hybridized carbons (Fsp3) is 0.900. The lowest BCUT2D eigenvalue weighted by Crippen LogP contribution is -2.44. The van der Waals surface area contributed by atoms with E-state index in [1.165, 1.54) is 0 Å². The van der Waals surface area contributed by atoms with Gasteiger partial charge in [-0.1, -0.05) is 0 Å². The fourth-order valence-electron chi connectivity index (χ4n) is 1.60. The molecule has 2 atom stereocenters. The Labute approximate surface area is 80.3 Å². The second-order valence-electron chi connectivity index (χ2n) is 4.89. The summed E-state index contributed by atoms with van der Waals surface area (Å²) in [6.45, 7) is 9.73. The second kappa shape index (κ2) is 2.98. The van der Waals surface area contributed by atoms with E-state index < -0.39 is 0 Å². The maximum absolute atomic E-state index is 11.4. The maximum atomic E-state index is 11.4. The molecule has 1 heterocycles. The van der Waals surface area contributed by atoms with Crippen LogP contribution in [-0.4, -0.2) is 42.2 Å². The van der Waals surface area contributed by atoms with Crippen molar-refractivity contribution < 1.29 is 14.0 Å². The molecule has 0 radical (unpaired) electrons. The van der Waals surface area contributed by atoms with Gasteiger partial charge in [0, 0.05) is 0 Å². The van der Waals surface area contributed by atoms with Crippen LogP contribution in [0, 0.1) is 0 Å². The minimum atomic E-state index is -0.0417. The van der Waals surface area contributed by atoms with Gasteiger partial charge in [0.25, 0.3) is 0 Å². The normalized spacial score (nSPS) is 32.8. The molecule has 0 amide bonds. The summed E-state index contributed by atoms with van der Waals surface area (Å²) in [5, 5.41) is 0. The largest absolute Gasteiger partial charge is 0.461 e. The average molecular weight is 186 g/mol. The first-order valence-corrected chi connectivity index (χ1v) is 4.85. The standard InChI is InChI=1S/C10H20NO2/c1-6-13-9(12)8-7-11(8,5)10(2,3)4/h8H,6-7H2,1-5H3/q+1/t8-,11+/m1/s1. The number of esters is 1. The van der Waals surface area contributed by atoms with Crippen LogP contribution in [0.4, 0.5) is 0 Å². The summed E-state index contributed by atoms with van der Waals surface area (Å²) in [6.07, 6.45) is 0. The van der Waals surface area contributed by atoms with Crippen molar-refractivity contribution in [2.45, 2.75) is 39.3 Å². The van der Waals surface area contributed by atoms with Gasteiger partial charge in [-0.05, 0) is 27.7 Å². The molecule has 1 saturated heterocycles. The first-order valence-electron chi connectivity index (χ1n) is 4.85. The molecule has 0 saturated carbocycles. The number of hydrogen-bond acceptors (Lipinski definition) is 2. The van der Waals surface area contributed by atoms with Crippen LogP contribution in [0.25, 0.3) is 0 Å². The molecule has 3 heteroatoms. The van der Waals surface area contributed by atoms with Crippen molar-refractivity contribution in [3.8, 4) is 0 Å². The zero-order chi connectivity index (χ0) is 10.3. The highest BCUT2D eigenvalue weighted by atomic mass is 16.5. The zero-order valence-electron chi connectivity index (χ0n) is 9.26. The quantitative estimate of drug-likeness (QED) is 0.368. The van der Waals surface area contributed by atoms with Gasteiger partial charge in [-0.25, -0.2) is 4.79 Å². The van der Waals surface area contributed by atoms with Crippen LogP contribution in [-0.2, 0) is 9.53 Å². The molecule has 0 aromatic rings. The van der Waals surface area contributed by atoms with Crippen LogP contribution in [0.3, 0.4) is 0 Å². The van der Waals surface area contributed by atoms with E-state index in [1.807, 2.05) is 6.92 Å². The average Bonchev–Trinajstić information content (AvgIpc) is 2.63. The lowest BCUT2D eigenvalue weighted by atomic mass is 10.1. The van der Waals surface area contributed by atoms with E-state index in [0.717, 1.165) is 11.0 Å². The zero-order valence-corrected chi connectivity index (χ0v) is 9.26. The molecule has 0 spiro atoms. The molecule has 0 aromatic carbocycles. The maximum Gasteiger partial charge on any atom is 0.371 e. The Balaban J connectivity index is 2.58. The molecule has 1 aliphatic rings. The number of likely N-dealkylation sites (N-methyl/N-ethyl adjacent to an activating group) is 1. The lowest BCUT2D eigenvalue weighted by Gasteiger charge is -2.29. The number of rotatable bonds is 2. The van der Waals surface area contributed by atoms with Gasteiger partial charge in [0.2, 0.25) is 6.04 Å². The summed E-state index contributed by atoms with van der Waals surface area (Å²) in [5.74, 6) is -0.0417. The minimum Gasteiger partial charge on any atom is -0.461 e. The van der Waals surface area contributed by atoms with E-state index in [1.54, 1.807) is 0 Å². The van der Waals surface area contributed by atoms with Crippen molar-refractivity contribution in [3.05, 3.63) is 0 Å². The van der Waals surface area contributed by atoms with E-state index in [4.69, 9.17) is 4.74 Å². The van der Waals surface area contributed by atoms with Gasteiger partial charge in [0.05, 0.1) is 19.2 Å². The minimum absolute atomic E-state index is 0.0417. The molecule has 0 N–H and O–H groups in total. The molecular formula is C10H20NO2+. The monoisotopic (exact) mass is 186 g/mol. The Morgan fingerprint density at radius 1 is 1.54 bits per heavy atom. The van der Waals surface area contributed by atoms with E-state index in [2.05, 4.69) is 27.8 Å². The first kappa shape index (κ1) is 10.5. The van der Waals surface area contributed by atoms with E-state index in [9.17, 15) is 4.79 Å². The number of ether oxygens (including phenoxy) is 1. The number of hydrogen-bond donors (Lipinski definition) is 0. The van der Waals surface area contributed by atoms with Gasteiger partial charge in [-0.2, -0.15) is 0 Å². The second-order valence-corrected chi connectivity index (χ2v) is 4.89. The third-order valence-electron chi connectivity index (χ3n) is 3.20. The molecular weight excluding hydrogens is 166 g/mol. The molecule has 0 aliphatic carbocycles. The molecule has 1 rings (SSSR count). The summed E-state index contributed by atoms with van der Waals surface area (Å²) in [5.41, 5.74) is 0.136. The van der Waals surface area contributed by atoms with E-state index in [-0.39, 0.29) is 17.6 Å². The molecule has 0 bridgehead atoms. The van der Waals surface area contributed by atoms with Crippen molar-refractivity contribution >= 4 is 5.97 Å². The number of quaternary nitrogens is 1. The molecule has 3 nitrogen and oxygen atoms in total. The molecule has 0 aromatic heterocycles. The Morgan fingerprint density at radius 3 is 2.38 bits per heavy atom. The SMILES string of the molecule is CCOC(=O)[C@H]1C[N@+]1(C)C(C)(C)C. The summed E-state index contributed by atoms with van der Waals surface area (Å²) >= 11 is 0. The van der Waals surface area contributed by atoms with Gasteiger partial charge >= 0.3 is 5.97 Å². The van der Waals surface area contributed by atoms with Crippen molar-refractivity contribution in [2.24, 2.45) is 0 Å². The van der Waals surface area contributed by atoms with Gasteiger partial charge < -0.3 is 4.74 Å². The van der Waals surface area contributed by atoms with Gasteiger partial charge in [-0.15, -0.1) is 0 Å². The third kappa shape index (κ3) is 1.70. The smallest absolute Gasteiger partial charge is 0.371 e. The van der Waals surface area contributed by atoms with Gasteiger partial charge in [0.1, 0.15) is 6.54 Å². The van der Waals surface area contributed by atoms with Crippen LogP contribution in [0.1, 0.15) is 27.7 Å². The van der Waals surface area contributed by atoms with Crippen LogP contribution in [0.2, 0.25) is 0 Å². The third-order valence-corrected chi connectivity index (χ3v) is 3.20. The first-order chi connectivity index (χ1) is 5.83. The number of nitrogens with zero attached hydrogens (tertiary/aromatic N) is 1. The molecule has 76 valence electrons. The predicted octanol–water partition coefficient (Wildman–Crippen LogP) is 1.18. The molecule has 13 heavy (non-hydrogen) atoms. The summed E-state index contributed by atoms with van der Waals surface area (Å²) in [4.78, 5) is 11.4. The Kier molecular flexibility index (Phi) is 2.41. The topological polar surface area (TPSA) is 26.3 Å². The highest BCUT2D eigenvalue weighted by Crippen LogP contribution is 2.39. The Morgan fingerprint density at radius 2 is 2.08 bits per heavy atom. The summed E-state index contributed by atoms with van der Waals surface area (Å²) < 4.78 is 5.81. The Hall–Kier alpha value is -0.570. The van der Waals surface area contributed by atoms with Crippen LogP contribution < -0.4 is 0 Å². The van der Waals surface area contributed by atoms with Crippen LogP contribution in [0.5, 0.6) is 0 Å². The van der Waals surface area contributed by atoms with Crippen molar-refractivity contribution in [1.29, 1.82) is 0 Å². The predicted molar refractivity (Wildman–Crippen MR) is 51.2 cm³/mol. The van der Waals surface area contributed by atoms with Crippen LogP contribution in [0.15, 0.2) is 0 Å². The van der Waals surface area contributed by atoms with Crippen molar-refractivity contribution in [3.63, 3.8) is 0 Å². The summed E-state index contributed by atoms with van der Waals surface area (Å²) in [7, 11) is 2.11. The number of carbonyl (C=O) groups is 1. The molecule has 1 fully saturated rings. The fourth-order valence-corrected chi connectivity index (χ4v) is 1.60. The van der Waals surface area contributed by atoms with Crippen molar-refractivity contribution in [2.75, 3.05) is 20.2 Å². The van der Waals surface area contributed by atoms with Crippen molar-refractivity contribution in [1.82, 2.24) is 0 Å². The van der Waals surface area contributed by atoms with Crippen LogP contribution >= 0.6 is 0 Å². The highest BCUT2D eigenvalue weighted by molar-refractivity contribution is 5.76. The van der Waals surface area contributed by atoms with Gasteiger partial charge in [-0.3, -0.25) is 4.48 Å². The number of carbonyl (C=O) groups excluding carboxylic acids is 1.